The fraction of sp³-hybridized carbons (Fsp3) is 0.605. The SMILES string of the molecule is CC(=O)OCc1ccc(NC(=O)[C@H](CCCNC(N)=O)NC(=O)C(NC(=O)CCOCCOCCOCCOCCNC(=O)CCN2C(=O)C=CC2O)C(C)C)cc1. The highest BCUT2D eigenvalue weighted by atomic mass is 16.6. The third kappa shape index (κ3) is 21.4. The van der Waals surface area contributed by atoms with Gasteiger partial charge in [0.1, 0.15) is 24.9 Å². The second kappa shape index (κ2) is 28.3. The Hall–Kier alpha value is -5.15. The summed E-state index contributed by atoms with van der Waals surface area (Å²) in [6, 6.07) is 3.98. The van der Waals surface area contributed by atoms with Gasteiger partial charge in [-0.25, -0.2) is 4.79 Å². The number of amides is 7. The van der Waals surface area contributed by atoms with Crippen molar-refractivity contribution in [3.8, 4) is 0 Å². The molecule has 0 saturated carbocycles. The quantitative estimate of drug-likeness (QED) is 0.0379. The number of hydrogen-bond acceptors (Lipinski definition) is 13. The van der Waals surface area contributed by atoms with E-state index in [9.17, 15) is 38.7 Å². The number of aliphatic hydroxyl groups excluding tert-OH is 1. The van der Waals surface area contributed by atoms with E-state index < -0.39 is 48.0 Å². The molecule has 1 aromatic rings. The lowest BCUT2D eigenvalue weighted by atomic mass is 10.0. The van der Waals surface area contributed by atoms with Crippen LogP contribution in [0.5, 0.6) is 0 Å². The summed E-state index contributed by atoms with van der Waals surface area (Å²) in [7, 11) is 0. The summed E-state index contributed by atoms with van der Waals surface area (Å²) in [5.41, 5.74) is 6.31. The molecule has 0 spiro atoms. The summed E-state index contributed by atoms with van der Waals surface area (Å²) < 4.78 is 26.8. The molecule has 0 fully saturated rings. The van der Waals surface area contributed by atoms with Gasteiger partial charge in [-0.2, -0.15) is 0 Å². The van der Waals surface area contributed by atoms with E-state index in [2.05, 4.69) is 26.6 Å². The Kier molecular flexibility index (Phi) is 23.9. The fourth-order valence-corrected chi connectivity index (χ4v) is 5.17. The van der Waals surface area contributed by atoms with Crippen LogP contribution in [-0.4, -0.2) is 142 Å². The topological polar surface area (TPSA) is 275 Å². The second-order valence-electron chi connectivity index (χ2n) is 13.4. The third-order valence-corrected chi connectivity index (χ3v) is 8.28. The van der Waals surface area contributed by atoms with Crippen molar-refractivity contribution in [1.82, 2.24) is 26.2 Å². The van der Waals surface area contributed by atoms with E-state index in [1.165, 1.54) is 24.0 Å². The highest BCUT2D eigenvalue weighted by Gasteiger charge is 2.29. The number of ether oxygens (including phenoxy) is 5. The van der Waals surface area contributed by atoms with Crippen molar-refractivity contribution in [1.29, 1.82) is 0 Å². The zero-order valence-electron chi connectivity index (χ0n) is 33.5. The summed E-state index contributed by atoms with van der Waals surface area (Å²) in [6.07, 6.45) is 2.19. The molecule has 0 aromatic heterocycles. The lowest BCUT2D eigenvalue weighted by molar-refractivity contribution is -0.142. The normalized spacial score (nSPS) is 14.5. The first kappa shape index (κ1) is 49.0. The van der Waals surface area contributed by atoms with Gasteiger partial charge in [0.25, 0.3) is 0 Å². The molecule has 8 N–H and O–H groups in total. The van der Waals surface area contributed by atoms with Crippen molar-refractivity contribution in [2.45, 2.75) is 71.4 Å². The van der Waals surface area contributed by atoms with Gasteiger partial charge in [-0.3, -0.25) is 28.8 Å². The van der Waals surface area contributed by atoms with Crippen molar-refractivity contribution in [2.75, 3.05) is 77.8 Å². The van der Waals surface area contributed by atoms with E-state index in [1.807, 2.05) is 0 Å². The van der Waals surface area contributed by atoms with Crippen LogP contribution in [0.4, 0.5) is 10.5 Å². The number of nitrogens with zero attached hydrogens (tertiary/aromatic N) is 1. The number of primary amides is 1. The Balaban J connectivity index is 1.60. The molecule has 1 aliphatic rings. The molecule has 0 saturated heterocycles. The minimum absolute atomic E-state index is 0.0130. The van der Waals surface area contributed by atoms with Crippen LogP contribution in [0.3, 0.4) is 0 Å². The number of hydrogen-bond donors (Lipinski definition) is 7. The van der Waals surface area contributed by atoms with Gasteiger partial charge in [0, 0.05) is 51.2 Å². The molecule has 2 rings (SSSR count). The predicted molar refractivity (Wildman–Crippen MR) is 208 cm³/mol. The lowest BCUT2D eigenvalue weighted by Crippen LogP contribution is -2.54. The van der Waals surface area contributed by atoms with E-state index in [1.54, 1.807) is 38.1 Å². The fourth-order valence-electron chi connectivity index (χ4n) is 5.17. The van der Waals surface area contributed by atoms with Crippen LogP contribution in [0.15, 0.2) is 36.4 Å². The first-order valence-electron chi connectivity index (χ1n) is 19.2. The molecule has 1 heterocycles. The minimum atomic E-state index is -1.00. The molecular formula is C38H59N7O13. The maximum atomic E-state index is 13.4. The summed E-state index contributed by atoms with van der Waals surface area (Å²) >= 11 is 0. The average Bonchev–Trinajstić information content (AvgIpc) is 3.50. The Bertz CT molecular complexity index is 1490. The molecule has 324 valence electrons. The Labute approximate surface area is 338 Å². The Morgan fingerprint density at radius 3 is 1.98 bits per heavy atom. The summed E-state index contributed by atoms with van der Waals surface area (Å²) in [5.74, 6) is -2.79. The van der Waals surface area contributed by atoms with Crippen LogP contribution < -0.4 is 32.3 Å². The number of urea groups is 1. The van der Waals surface area contributed by atoms with Gasteiger partial charge in [0.05, 0.1) is 52.9 Å². The molecule has 7 amide bonds. The minimum Gasteiger partial charge on any atom is -0.461 e. The van der Waals surface area contributed by atoms with Gasteiger partial charge < -0.3 is 66.0 Å². The monoisotopic (exact) mass is 821 g/mol. The lowest BCUT2D eigenvalue weighted by Gasteiger charge is -2.25. The Morgan fingerprint density at radius 2 is 1.41 bits per heavy atom. The molecule has 1 aliphatic heterocycles. The smallest absolute Gasteiger partial charge is 0.312 e. The number of aliphatic hydroxyl groups is 1. The summed E-state index contributed by atoms with van der Waals surface area (Å²) in [6.45, 7) is 7.71. The largest absolute Gasteiger partial charge is 0.461 e. The van der Waals surface area contributed by atoms with Crippen molar-refractivity contribution >= 4 is 47.2 Å². The zero-order chi connectivity index (χ0) is 42.7. The Morgan fingerprint density at radius 1 is 0.793 bits per heavy atom. The summed E-state index contributed by atoms with van der Waals surface area (Å²) in [5, 5.41) is 23.0. The van der Waals surface area contributed by atoms with E-state index in [0.29, 0.717) is 45.1 Å². The number of carbonyl (C=O) groups excluding carboxylic acids is 7. The van der Waals surface area contributed by atoms with E-state index in [0.717, 1.165) is 5.56 Å². The first-order valence-corrected chi connectivity index (χ1v) is 19.2. The number of esters is 1. The number of nitrogens with two attached hydrogens (primary N) is 1. The maximum absolute atomic E-state index is 13.4. The van der Waals surface area contributed by atoms with Crippen molar-refractivity contribution < 1.29 is 62.4 Å². The zero-order valence-corrected chi connectivity index (χ0v) is 33.5. The molecule has 0 aliphatic carbocycles. The number of benzene rings is 1. The molecule has 2 unspecified atom stereocenters. The van der Waals surface area contributed by atoms with Crippen LogP contribution in [0.2, 0.25) is 0 Å². The van der Waals surface area contributed by atoms with E-state index in [-0.39, 0.29) is 83.1 Å². The van der Waals surface area contributed by atoms with Crippen LogP contribution in [0.1, 0.15) is 52.0 Å². The van der Waals surface area contributed by atoms with E-state index >= 15 is 0 Å². The molecular weight excluding hydrogens is 762 g/mol. The molecule has 0 radical (unpaired) electrons. The van der Waals surface area contributed by atoms with E-state index in [4.69, 9.17) is 29.4 Å². The number of carbonyl (C=O) groups is 7. The average molecular weight is 822 g/mol. The van der Waals surface area contributed by atoms with Gasteiger partial charge in [-0.15, -0.1) is 0 Å². The highest BCUT2D eigenvalue weighted by molar-refractivity contribution is 5.98. The first-order chi connectivity index (χ1) is 27.8. The predicted octanol–water partition coefficient (Wildman–Crippen LogP) is -0.558. The van der Waals surface area contributed by atoms with Crippen LogP contribution in [0, 0.1) is 5.92 Å². The van der Waals surface area contributed by atoms with Gasteiger partial charge in [0.2, 0.25) is 29.5 Å². The second-order valence-corrected chi connectivity index (χ2v) is 13.4. The summed E-state index contributed by atoms with van der Waals surface area (Å²) in [4.78, 5) is 86.2. The highest BCUT2D eigenvalue weighted by Crippen LogP contribution is 2.13. The molecule has 1 aromatic carbocycles. The molecule has 20 heteroatoms. The molecule has 58 heavy (non-hydrogen) atoms. The van der Waals surface area contributed by atoms with Crippen LogP contribution >= 0.6 is 0 Å². The number of anilines is 1. The molecule has 3 atom stereocenters. The number of rotatable bonds is 30. The standard InChI is InChI=1S/C38H59N7O13/c1-26(2)35(37(52)43-30(5-4-14-41-38(39)53)36(51)42-29-8-6-28(7-9-29)25-58-27(3)46)44-32(48)13-17-54-19-21-56-23-24-57-22-20-55-18-15-40-31(47)12-16-45-33(49)10-11-34(45)50/h6-11,26,30,33,35,49H,4-5,12-25H2,1-3H3,(H,40,47)(H,42,51)(H,43,52)(H,44,48)(H3,39,41,53)/t30-,33?,35?/m0/s1. The van der Waals surface area contributed by atoms with Crippen LogP contribution in [0.25, 0.3) is 0 Å². The maximum Gasteiger partial charge on any atom is 0.312 e. The van der Waals surface area contributed by atoms with Crippen molar-refractivity contribution in [2.24, 2.45) is 11.7 Å². The van der Waals surface area contributed by atoms with Gasteiger partial charge in [-0.1, -0.05) is 26.0 Å². The molecule has 20 nitrogen and oxygen atoms in total. The van der Waals surface area contributed by atoms with Crippen LogP contribution in [-0.2, 0) is 59.1 Å². The van der Waals surface area contributed by atoms with Crippen molar-refractivity contribution in [3.63, 3.8) is 0 Å². The number of nitrogens with one attached hydrogen (secondary N) is 5. The van der Waals surface area contributed by atoms with Gasteiger partial charge in [0.15, 0.2) is 0 Å². The third-order valence-electron chi connectivity index (χ3n) is 8.28. The van der Waals surface area contributed by atoms with Crippen molar-refractivity contribution in [3.05, 3.63) is 42.0 Å². The van der Waals surface area contributed by atoms with Gasteiger partial charge >= 0.3 is 12.0 Å². The molecule has 0 bridgehead atoms. The van der Waals surface area contributed by atoms with Gasteiger partial charge in [-0.05, 0) is 42.5 Å².